The number of aryl methyl sites for hydroxylation is 1. The molecule has 1 saturated heterocycles. The van der Waals surface area contributed by atoms with E-state index in [1.165, 1.54) is 12.1 Å². The summed E-state index contributed by atoms with van der Waals surface area (Å²) >= 11 is 0. The maximum atomic E-state index is 12.2. The Kier molecular flexibility index (Phi) is 5.46. The van der Waals surface area contributed by atoms with E-state index in [-0.39, 0.29) is 29.0 Å². The summed E-state index contributed by atoms with van der Waals surface area (Å²) < 4.78 is 27.0. The molecular formula is C11H16ClN3O4S. The Bertz CT molecular complexity index is 600. The zero-order chi connectivity index (χ0) is 14.0. The van der Waals surface area contributed by atoms with Gasteiger partial charge in [-0.2, -0.15) is 0 Å². The molecule has 0 aliphatic carbocycles. The standard InChI is InChI=1S/C11H15N3O4S.ClH/c1-8-2-3-10(14(15)16)6-11(8)19(17,18)13-9-4-5-12-7-9;/h2-3,6,9,12-13H,4-5,7H2,1H3;1H. The number of benzene rings is 1. The van der Waals surface area contributed by atoms with Crippen molar-refractivity contribution in [1.82, 2.24) is 10.0 Å². The molecule has 0 amide bonds. The molecule has 0 aromatic heterocycles. The summed E-state index contributed by atoms with van der Waals surface area (Å²) in [6.07, 6.45) is 0.715. The second kappa shape index (κ2) is 6.49. The molecule has 1 unspecified atom stereocenters. The highest BCUT2D eigenvalue weighted by molar-refractivity contribution is 7.89. The van der Waals surface area contributed by atoms with Crippen LogP contribution in [0.5, 0.6) is 0 Å². The van der Waals surface area contributed by atoms with Crippen molar-refractivity contribution in [1.29, 1.82) is 0 Å². The summed E-state index contributed by atoms with van der Waals surface area (Å²) in [5, 5.41) is 13.8. The van der Waals surface area contributed by atoms with Crippen LogP contribution in [-0.4, -0.2) is 32.5 Å². The van der Waals surface area contributed by atoms with E-state index in [0.717, 1.165) is 12.6 Å². The lowest BCUT2D eigenvalue weighted by Crippen LogP contribution is -2.36. The average molecular weight is 322 g/mol. The highest BCUT2D eigenvalue weighted by Gasteiger charge is 2.25. The number of hydrogen-bond acceptors (Lipinski definition) is 5. The lowest BCUT2D eigenvalue weighted by Gasteiger charge is -2.13. The third-order valence-corrected chi connectivity index (χ3v) is 4.72. The Labute approximate surface area is 123 Å². The fraction of sp³-hybridized carbons (Fsp3) is 0.455. The van der Waals surface area contributed by atoms with Crippen LogP contribution in [0.15, 0.2) is 23.1 Å². The first-order chi connectivity index (χ1) is 8.90. The molecule has 1 heterocycles. The van der Waals surface area contributed by atoms with Crippen LogP contribution in [0.3, 0.4) is 0 Å². The molecule has 7 nitrogen and oxygen atoms in total. The van der Waals surface area contributed by atoms with Crippen molar-refractivity contribution >= 4 is 28.1 Å². The summed E-state index contributed by atoms with van der Waals surface area (Å²) in [6.45, 7) is 2.96. The smallest absolute Gasteiger partial charge is 0.270 e. The van der Waals surface area contributed by atoms with Crippen molar-refractivity contribution in [3.05, 3.63) is 33.9 Å². The maximum absolute atomic E-state index is 12.2. The van der Waals surface area contributed by atoms with Gasteiger partial charge >= 0.3 is 0 Å². The zero-order valence-electron chi connectivity index (χ0n) is 10.8. The molecule has 1 atom stereocenters. The molecule has 0 bridgehead atoms. The van der Waals surface area contributed by atoms with Gasteiger partial charge in [0.1, 0.15) is 0 Å². The van der Waals surface area contributed by atoms with Crippen molar-refractivity contribution in [3.8, 4) is 0 Å². The van der Waals surface area contributed by atoms with Gasteiger partial charge in [0.25, 0.3) is 5.69 Å². The van der Waals surface area contributed by atoms with Crippen LogP contribution in [0.1, 0.15) is 12.0 Å². The minimum Gasteiger partial charge on any atom is -0.315 e. The van der Waals surface area contributed by atoms with E-state index in [0.29, 0.717) is 18.5 Å². The van der Waals surface area contributed by atoms with Crippen LogP contribution in [0.4, 0.5) is 5.69 Å². The van der Waals surface area contributed by atoms with E-state index < -0.39 is 14.9 Å². The van der Waals surface area contributed by atoms with Gasteiger partial charge in [0.2, 0.25) is 10.0 Å². The molecule has 0 saturated carbocycles. The first-order valence-corrected chi connectivity index (χ1v) is 7.36. The topological polar surface area (TPSA) is 101 Å². The van der Waals surface area contributed by atoms with Crippen molar-refractivity contribution in [2.24, 2.45) is 0 Å². The SMILES string of the molecule is Cc1ccc([N+](=O)[O-])cc1S(=O)(=O)NC1CCNC1.Cl. The van der Waals surface area contributed by atoms with Crippen LogP contribution in [0.2, 0.25) is 0 Å². The molecule has 1 aromatic carbocycles. The number of halogens is 1. The molecule has 1 aliphatic rings. The molecule has 112 valence electrons. The van der Waals surface area contributed by atoms with Crippen LogP contribution in [0, 0.1) is 17.0 Å². The Balaban J connectivity index is 0.00000200. The van der Waals surface area contributed by atoms with Gasteiger partial charge < -0.3 is 5.32 Å². The highest BCUT2D eigenvalue weighted by Crippen LogP contribution is 2.22. The van der Waals surface area contributed by atoms with Crippen molar-refractivity contribution < 1.29 is 13.3 Å². The molecule has 9 heteroatoms. The first-order valence-electron chi connectivity index (χ1n) is 5.88. The summed E-state index contributed by atoms with van der Waals surface area (Å²) in [5.74, 6) is 0. The van der Waals surface area contributed by atoms with Gasteiger partial charge in [0, 0.05) is 24.7 Å². The van der Waals surface area contributed by atoms with Gasteiger partial charge in [-0.3, -0.25) is 10.1 Å². The normalized spacial score (nSPS) is 18.6. The second-order valence-electron chi connectivity index (χ2n) is 4.52. The number of non-ortho nitro benzene ring substituents is 1. The van der Waals surface area contributed by atoms with Gasteiger partial charge in [-0.15, -0.1) is 12.4 Å². The van der Waals surface area contributed by atoms with Crippen molar-refractivity contribution in [2.75, 3.05) is 13.1 Å². The number of rotatable bonds is 4. The molecule has 2 N–H and O–H groups in total. The van der Waals surface area contributed by atoms with Crippen LogP contribution in [0.25, 0.3) is 0 Å². The predicted molar refractivity (Wildman–Crippen MR) is 76.7 cm³/mol. The second-order valence-corrected chi connectivity index (χ2v) is 6.20. The average Bonchev–Trinajstić information content (AvgIpc) is 2.81. The van der Waals surface area contributed by atoms with E-state index in [4.69, 9.17) is 0 Å². The lowest BCUT2D eigenvalue weighted by molar-refractivity contribution is -0.385. The van der Waals surface area contributed by atoms with Crippen molar-refractivity contribution in [2.45, 2.75) is 24.3 Å². The summed E-state index contributed by atoms with van der Waals surface area (Å²) in [6, 6.07) is 3.68. The van der Waals surface area contributed by atoms with Gasteiger partial charge in [0.05, 0.1) is 9.82 Å². The first kappa shape index (κ1) is 16.8. The minimum absolute atomic E-state index is 0. The summed E-state index contributed by atoms with van der Waals surface area (Å²) in [7, 11) is -3.72. The molecule has 1 aliphatic heterocycles. The van der Waals surface area contributed by atoms with E-state index in [2.05, 4.69) is 10.0 Å². The fourth-order valence-corrected chi connectivity index (χ4v) is 3.56. The molecule has 2 rings (SSSR count). The van der Waals surface area contributed by atoms with Crippen LogP contribution < -0.4 is 10.0 Å². The number of nitro groups is 1. The minimum atomic E-state index is -3.72. The third-order valence-electron chi connectivity index (χ3n) is 3.05. The number of nitrogens with zero attached hydrogens (tertiary/aromatic N) is 1. The van der Waals surface area contributed by atoms with E-state index in [9.17, 15) is 18.5 Å². The van der Waals surface area contributed by atoms with E-state index in [1.54, 1.807) is 6.92 Å². The third kappa shape index (κ3) is 3.66. The van der Waals surface area contributed by atoms with Gasteiger partial charge in [0.15, 0.2) is 0 Å². The Morgan fingerprint density at radius 2 is 2.15 bits per heavy atom. The molecule has 1 aromatic rings. The lowest BCUT2D eigenvalue weighted by atomic mass is 10.2. The van der Waals surface area contributed by atoms with Crippen LogP contribution >= 0.6 is 12.4 Å². The zero-order valence-corrected chi connectivity index (χ0v) is 12.5. The monoisotopic (exact) mass is 321 g/mol. The maximum Gasteiger partial charge on any atom is 0.270 e. The molecule has 0 spiro atoms. The van der Waals surface area contributed by atoms with E-state index >= 15 is 0 Å². The van der Waals surface area contributed by atoms with Gasteiger partial charge in [-0.1, -0.05) is 6.07 Å². The number of hydrogen-bond donors (Lipinski definition) is 2. The molecular weight excluding hydrogens is 306 g/mol. The largest absolute Gasteiger partial charge is 0.315 e. The Morgan fingerprint density at radius 3 is 2.70 bits per heavy atom. The molecule has 0 radical (unpaired) electrons. The van der Waals surface area contributed by atoms with Gasteiger partial charge in [-0.25, -0.2) is 13.1 Å². The number of nitro benzene ring substituents is 1. The quantitative estimate of drug-likeness (QED) is 0.635. The Morgan fingerprint density at radius 1 is 1.45 bits per heavy atom. The summed E-state index contributed by atoms with van der Waals surface area (Å²) in [5.41, 5.74) is 0.263. The molecule has 1 fully saturated rings. The van der Waals surface area contributed by atoms with E-state index in [1.807, 2.05) is 0 Å². The number of sulfonamides is 1. The number of nitrogens with one attached hydrogen (secondary N) is 2. The van der Waals surface area contributed by atoms with Gasteiger partial charge in [-0.05, 0) is 25.5 Å². The Hall–Kier alpha value is -1.22. The fourth-order valence-electron chi connectivity index (χ4n) is 2.03. The molecule has 20 heavy (non-hydrogen) atoms. The highest BCUT2D eigenvalue weighted by atomic mass is 35.5. The van der Waals surface area contributed by atoms with Crippen LogP contribution in [-0.2, 0) is 10.0 Å². The predicted octanol–water partition coefficient (Wildman–Crippen LogP) is 0.965. The van der Waals surface area contributed by atoms with Crippen molar-refractivity contribution in [3.63, 3.8) is 0 Å². The summed E-state index contributed by atoms with van der Waals surface area (Å²) in [4.78, 5) is 10.1.